The van der Waals surface area contributed by atoms with Crippen LogP contribution in [0.2, 0.25) is 0 Å². The van der Waals surface area contributed by atoms with Crippen molar-refractivity contribution in [2.45, 2.75) is 26.1 Å². The van der Waals surface area contributed by atoms with Crippen LogP contribution in [0, 0.1) is 0 Å². The molecule has 1 amide bonds. The molecule has 7 heteroatoms. The summed E-state index contributed by atoms with van der Waals surface area (Å²) in [6.45, 7) is 3.58. The first-order chi connectivity index (χ1) is 9.24. The summed E-state index contributed by atoms with van der Waals surface area (Å²) in [4.78, 5) is 16.2. The number of nitrogens with zero attached hydrogens (tertiary/aromatic N) is 2. The second-order valence-electron chi connectivity index (χ2n) is 4.65. The van der Waals surface area contributed by atoms with Crippen LogP contribution in [0.15, 0.2) is 24.5 Å². The van der Waals surface area contributed by atoms with Gasteiger partial charge in [0.2, 0.25) is 0 Å². The molecule has 106 valence electrons. The van der Waals surface area contributed by atoms with E-state index in [1.165, 1.54) is 17.5 Å². The Labute approximate surface area is 122 Å². The highest BCUT2D eigenvalue weighted by Gasteiger charge is 2.16. The number of nitrogens with one attached hydrogen (secondary N) is 3. The van der Waals surface area contributed by atoms with Crippen molar-refractivity contribution in [2.24, 2.45) is 0 Å². The first kappa shape index (κ1) is 14.5. The van der Waals surface area contributed by atoms with E-state index in [1.807, 2.05) is 25.1 Å². The lowest BCUT2D eigenvalue weighted by Crippen LogP contribution is -2.27. The Bertz CT molecular complexity index is 599. The minimum Gasteiger partial charge on any atom is -0.342 e. The minimum atomic E-state index is -0.193. The maximum Gasteiger partial charge on any atom is 0.251 e. The van der Waals surface area contributed by atoms with Crippen LogP contribution in [0.3, 0.4) is 0 Å². The van der Waals surface area contributed by atoms with Crippen LogP contribution < -0.4 is 10.6 Å². The first-order valence-electron chi connectivity index (χ1n) is 6.22. The molecular formula is C13H16ClN5O. The summed E-state index contributed by atoms with van der Waals surface area (Å²) < 4.78 is 0. The first-order valence-corrected chi connectivity index (χ1v) is 6.22. The summed E-state index contributed by atoms with van der Waals surface area (Å²) in [6.07, 6.45) is 1.43. The predicted octanol–water partition coefficient (Wildman–Crippen LogP) is 1.32. The molecule has 3 rings (SSSR count). The number of aromatic nitrogens is 3. The third-order valence-corrected chi connectivity index (χ3v) is 3.29. The average molecular weight is 294 g/mol. The van der Waals surface area contributed by atoms with Crippen molar-refractivity contribution < 1.29 is 4.79 Å². The standard InChI is InChI=1S/C13H15N5O.ClH/c1-8(12-15-7-16-18-12)17-13(19)9-2-3-10-5-14-6-11(10)4-9;/h2-4,7-8,14H,5-6H2,1H3,(H,17,19)(H,15,16,18);1H. The van der Waals surface area contributed by atoms with Crippen LogP contribution in [0.5, 0.6) is 0 Å². The number of amides is 1. The fraction of sp³-hybridized carbons (Fsp3) is 0.308. The van der Waals surface area contributed by atoms with Crippen LogP contribution in [-0.4, -0.2) is 21.1 Å². The van der Waals surface area contributed by atoms with E-state index in [9.17, 15) is 4.79 Å². The maximum atomic E-state index is 12.2. The normalized spacial score (nSPS) is 14.2. The van der Waals surface area contributed by atoms with E-state index in [2.05, 4.69) is 25.8 Å². The zero-order chi connectivity index (χ0) is 13.2. The van der Waals surface area contributed by atoms with Crippen LogP contribution in [0.1, 0.15) is 40.3 Å². The highest BCUT2D eigenvalue weighted by Crippen LogP contribution is 2.17. The van der Waals surface area contributed by atoms with Crippen molar-refractivity contribution >= 4 is 18.3 Å². The summed E-state index contributed by atoms with van der Waals surface area (Å²) in [6, 6.07) is 5.61. The molecule has 3 N–H and O–H groups in total. The van der Waals surface area contributed by atoms with Gasteiger partial charge in [-0.25, -0.2) is 4.98 Å². The molecule has 0 saturated carbocycles. The van der Waals surface area contributed by atoms with Gasteiger partial charge >= 0.3 is 0 Å². The van der Waals surface area contributed by atoms with Crippen molar-refractivity contribution in [3.63, 3.8) is 0 Å². The van der Waals surface area contributed by atoms with E-state index in [0.717, 1.165) is 13.1 Å². The quantitative estimate of drug-likeness (QED) is 0.797. The van der Waals surface area contributed by atoms with E-state index in [1.54, 1.807) is 0 Å². The van der Waals surface area contributed by atoms with Gasteiger partial charge in [-0.05, 0) is 30.2 Å². The Balaban J connectivity index is 0.00000147. The van der Waals surface area contributed by atoms with E-state index < -0.39 is 0 Å². The van der Waals surface area contributed by atoms with Gasteiger partial charge in [0, 0.05) is 18.7 Å². The number of carbonyl (C=O) groups excluding carboxylic acids is 1. The number of fused-ring (bicyclic) bond motifs is 1. The monoisotopic (exact) mass is 293 g/mol. The number of halogens is 1. The number of hydrogen-bond donors (Lipinski definition) is 3. The average Bonchev–Trinajstić information content (AvgIpc) is 3.09. The van der Waals surface area contributed by atoms with E-state index in [0.29, 0.717) is 11.4 Å². The summed E-state index contributed by atoms with van der Waals surface area (Å²) in [5.74, 6) is 0.551. The van der Waals surface area contributed by atoms with Gasteiger partial charge in [-0.2, -0.15) is 5.10 Å². The number of benzene rings is 1. The van der Waals surface area contributed by atoms with Gasteiger partial charge in [-0.3, -0.25) is 9.89 Å². The van der Waals surface area contributed by atoms with Gasteiger partial charge in [-0.1, -0.05) is 6.07 Å². The molecular weight excluding hydrogens is 278 g/mol. The topological polar surface area (TPSA) is 82.7 Å². The number of aromatic amines is 1. The van der Waals surface area contributed by atoms with Crippen molar-refractivity contribution in [2.75, 3.05) is 0 Å². The summed E-state index contributed by atoms with van der Waals surface area (Å²) in [7, 11) is 0. The summed E-state index contributed by atoms with van der Waals surface area (Å²) in [5.41, 5.74) is 3.13. The highest BCUT2D eigenvalue weighted by atomic mass is 35.5. The molecule has 1 aromatic carbocycles. The number of H-pyrrole nitrogens is 1. The largest absolute Gasteiger partial charge is 0.342 e. The molecule has 20 heavy (non-hydrogen) atoms. The Morgan fingerprint density at radius 3 is 2.90 bits per heavy atom. The maximum absolute atomic E-state index is 12.2. The molecule has 1 unspecified atom stereocenters. The van der Waals surface area contributed by atoms with E-state index >= 15 is 0 Å². The van der Waals surface area contributed by atoms with Crippen LogP contribution in [0.4, 0.5) is 0 Å². The smallest absolute Gasteiger partial charge is 0.251 e. The highest BCUT2D eigenvalue weighted by molar-refractivity contribution is 5.94. The fourth-order valence-electron chi connectivity index (χ4n) is 2.21. The minimum absolute atomic E-state index is 0. The Hall–Kier alpha value is -1.92. The predicted molar refractivity (Wildman–Crippen MR) is 76.5 cm³/mol. The van der Waals surface area contributed by atoms with Crippen molar-refractivity contribution in [1.29, 1.82) is 0 Å². The molecule has 0 bridgehead atoms. The second kappa shape index (κ2) is 6.02. The molecule has 0 aliphatic carbocycles. The van der Waals surface area contributed by atoms with Gasteiger partial charge < -0.3 is 10.6 Å². The van der Waals surface area contributed by atoms with Crippen molar-refractivity contribution in [1.82, 2.24) is 25.8 Å². The Morgan fingerprint density at radius 1 is 1.35 bits per heavy atom. The molecule has 0 fully saturated rings. The van der Waals surface area contributed by atoms with Gasteiger partial charge in [0.25, 0.3) is 5.91 Å². The van der Waals surface area contributed by atoms with Gasteiger partial charge in [0.15, 0.2) is 0 Å². The molecule has 1 atom stereocenters. The number of carbonyl (C=O) groups is 1. The third kappa shape index (κ3) is 2.81. The van der Waals surface area contributed by atoms with Gasteiger partial charge in [-0.15, -0.1) is 12.4 Å². The SMILES string of the molecule is CC(NC(=O)c1ccc2c(c1)CNC2)c1ncn[nH]1.Cl. The van der Waals surface area contributed by atoms with Gasteiger partial charge in [0.05, 0.1) is 6.04 Å². The van der Waals surface area contributed by atoms with E-state index in [4.69, 9.17) is 0 Å². The molecule has 1 aromatic heterocycles. The van der Waals surface area contributed by atoms with Crippen molar-refractivity contribution in [3.05, 3.63) is 47.0 Å². The molecule has 0 radical (unpaired) electrons. The lowest BCUT2D eigenvalue weighted by atomic mass is 10.1. The third-order valence-electron chi connectivity index (χ3n) is 3.29. The fourth-order valence-corrected chi connectivity index (χ4v) is 2.21. The van der Waals surface area contributed by atoms with E-state index in [-0.39, 0.29) is 24.4 Å². The second-order valence-corrected chi connectivity index (χ2v) is 4.65. The summed E-state index contributed by atoms with van der Waals surface area (Å²) >= 11 is 0. The molecule has 2 aromatic rings. The van der Waals surface area contributed by atoms with Gasteiger partial charge in [0.1, 0.15) is 12.2 Å². The molecule has 0 spiro atoms. The molecule has 1 aliphatic heterocycles. The zero-order valence-electron chi connectivity index (χ0n) is 11.0. The lowest BCUT2D eigenvalue weighted by molar-refractivity contribution is 0.0938. The van der Waals surface area contributed by atoms with Crippen LogP contribution >= 0.6 is 12.4 Å². The molecule has 6 nitrogen and oxygen atoms in total. The number of hydrogen-bond acceptors (Lipinski definition) is 4. The Morgan fingerprint density at radius 2 is 2.15 bits per heavy atom. The molecule has 1 aliphatic rings. The van der Waals surface area contributed by atoms with Crippen LogP contribution in [0.25, 0.3) is 0 Å². The lowest BCUT2D eigenvalue weighted by Gasteiger charge is -2.11. The van der Waals surface area contributed by atoms with Crippen molar-refractivity contribution in [3.8, 4) is 0 Å². The molecule has 0 saturated heterocycles. The number of rotatable bonds is 3. The summed E-state index contributed by atoms with van der Waals surface area (Å²) in [5, 5.41) is 12.7. The zero-order valence-corrected chi connectivity index (χ0v) is 11.8. The van der Waals surface area contributed by atoms with Crippen LogP contribution in [-0.2, 0) is 13.1 Å². The Kier molecular flexibility index (Phi) is 4.36. The molecule has 2 heterocycles.